The van der Waals surface area contributed by atoms with E-state index in [2.05, 4.69) is 25.5 Å². The SMILES string of the molecule is CCC(=O)N1CCN(c2nc(Nc3cc(C)[nH]n3)c3cccn3n2)CC1. The highest BCUT2D eigenvalue weighted by Gasteiger charge is 2.23. The van der Waals surface area contributed by atoms with Gasteiger partial charge in [-0.15, -0.1) is 5.10 Å². The van der Waals surface area contributed by atoms with Gasteiger partial charge in [0.2, 0.25) is 11.9 Å². The van der Waals surface area contributed by atoms with Crippen LogP contribution in [0.25, 0.3) is 5.52 Å². The van der Waals surface area contributed by atoms with Crippen molar-refractivity contribution in [1.29, 1.82) is 0 Å². The Morgan fingerprint density at radius 3 is 2.81 bits per heavy atom. The largest absolute Gasteiger partial charge is 0.339 e. The lowest BCUT2D eigenvalue weighted by Gasteiger charge is -2.34. The molecule has 0 bridgehead atoms. The molecule has 0 aromatic carbocycles. The van der Waals surface area contributed by atoms with Crippen LogP contribution in [0, 0.1) is 6.92 Å². The zero-order valence-corrected chi connectivity index (χ0v) is 14.9. The van der Waals surface area contributed by atoms with Gasteiger partial charge in [0.15, 0.2) is 11.6 Å². The Labute approximate surface area is 151 Å². The topological polar surface area (TPSA) is 94.5 Å². The van der Waals surface area contributed by atoms with Gasteiger partial charge in [-0.2, -0.15) is 10.1 Å². The second-order valence-electron chi connectivity index (χ2n) is 6.38. The first-order chi connectivity index (χ1) is 12.6. The molecule has 3 aromatic heterocycles. The van der Waals surface area contributed by atoms with Crippen molar-refractivity contribution in [3.05, 3.63) is 30.1 Å². The first-order valence-corrected chi connectivity index (χ1v) is 8.81. The second kappa shape index (κ2) is 6.66. The number of aromatic amines is 1. The highest BCUT2D eigenvalue weighted by atomic mass is 16.2. The number of carbonyl (C=O) groups excluding carboxylic acids is 1. The van der Waals surface area contributed by atoms with Crippen LogP contribution in [0.15, 0.2) is 24.4 Å². The van der Waals surface area contributed by atoms with E-state index < -0.39 is 0 Å². The Kier molecular flexibility index (Phi) is 4.19. The van der Waals surface area contributed by atoms with E-state index in [4.69, 9.17) is 4.98 Å². The molecule has 4 rings (SSSR count). The minimum atomic E-state index is 0.197. The van der Waals surface area contributed by atoms with E-state index in [1.807, 2.05) is 47.7 Å². The Morgan fingerprint density at radius 2 is 2.12 bits per heavy atom. The monoisotopic (exact) mass is 354 g/mol. The number of hydrogen-bond acceptors (Lipinski definition) is 6. The summed E-state index contributed by atoms with van der Waals surface area (Å²) in [7, 11) is 0. The molecule has 1 fully saturated rings. The summed E-state index contributed by atoms with van der Waals surface area (Å²) in [5.41, 5.74) is 1.86. The van der Waals surface area contributed by atoms with Crippen LogP contribution in [0.4, 0.5) is 17.6 Å². The lowest BCUT2D eigenvalue weighted by atomic mass is 10.3. The number of amides is 1. The van der Waals surface area contributed by atoms with Gasteiger partial charge in [-0.05, 0) is 19.1 Å². The summed E-state index contributed by atoms with van der Waals surface area (Å²) in [5, 5.41) is 15.0. The first-order valence-electron chi connectivity index (χ1n) is 8.81. The Morgan fingerprint density at radius 1 is 1.31 bits per heavy atom. The van der Waals surface area contributed by atoms with E-state index in [1.165, 1.54) is 0 Å². The maximum Gasteiger partial charge on any atom is 0.245 e. The van der Waals surface area contributed by atoms with Crippen LogP contribution in [0.2, 0.25) is 0 Å². The minimum absolute atomic E-state index is 0.197. The Balaban J connectivity index is 1.59. The van der Waals surface area contributed by atoms with Gasteiger partial charge in [0.1, 0.15) is 5.52 Å². The van der Waals surface area contributed by atoms with Gasteiger partial charge in [-0.3, -0.25) is 9.89 Å². The van der Waals surface area contributed by atoms with Crippen molar-refractivity contribution in [1.82, 2.24) is 29.7 Å². The van der Waals surface area contributed by atoms with Gasteiger partial charge in [-0.1, -0.05) is 6.92 Å². The van der Waals surface area contributed by atoms with Gasteiger partial charge in [0.25, 0.3) is 0 Å². The predicted molar refractivity (Wildman–Crippen MR) is 98.7 cm³/mol. The van der Waals surface area contributed by atoms with E-state index in [-0.39, 0.29) is 5.91 Å². The van der Waals surface area contributed by atoms with Gasteiger partial charge >= 0.3 is 0 Å². The summed E-state index contributed by atoms with van der Waals surface area (Å²) in [6.07, 6.45) is 2.45. The molecule has 3 aromatic rings. The first kappa shape index (κ1) is 16.4. The van der Waals surface area contributed by atoms with E-state index in [1.54, 1.807) is 0 Å². The quantitative estimate of drug-likeness (QED) is 0.738. The molecule has 0 aliphatic carbocycles. The third-order valence-electron chi connectivity index (χ3n) is 4.55. The molecular formula is C17H22N8O. The molecule has 4 heterocycles. The van der Waals surface area contributed by atoms with Crippen LogP contribution in [0.1, 0.15) is 19.0 Å². The molecule has 0 radical (unpaired) electrons. The molecule has 1 aliphatic rings. The number of hydrogen-bond donors (Lipinski definition) is 2. The zero-order chi connectivity index (χ0) is 18.1. The predicted octanol–water partition coefficient (Wildman–Crippen LogP) is 1.56. The standard InChI is InChI=1S/C17H22N8O/c1-3-15(26)23-7-9-24(10-8-23)17-19-16(13-5-4-6-25(13)22-17)18-14-11-12(2)20-21-14/h4-6,11H,3,7-10H2,1-2H3,(H2,18,19,20,21,22). The molecule has 2 N–H and O–H groups in total. The molecule has 0 unspecified atom stereocenters. The Bertz CT molecular complexity index is 922. The van der Waals surface area contributed by atoms with Gasteiger partial charge < -0.3 is 15.1 Å². The fourth-order valence-electron chi connectivity index (χ4n) is 3.13. The number of carbonyl (C=O) groups is 1. The summed E-state index contributed by atoms with van der Waals surface area (Å²) in [6.45, 7) is 6.68. The molecule has 0 saturated carbocycles. The smallest absolute Gasteiger partial charge is 0.245 e. The van der Waals surface area contributed by atoms with E-state index >= 15 is 0 Å². The number of rotatable bonds is 4. The Hall–Kier alpha value is -3.10. The van der Waals surface area contributed by atoms with Crippen molar-refractivity contribution in [2.75, 3.05) is 36.4 Å². The maximum absolute atomic E-state index is 11.9. The van der Waals surface area contributed by atoms with Crippen molar-refractivity contribution in [3.8, 4) is 0 Å². The molecule has 1 saturated heterocycles. The van der Waals surface area contributed by atoms with E-state index in [9.17, 15) is 4.79 Å². The number of H-pyrrole nitrogens is 1. The van der Waals surface area contributed by atoms with Crippen LogP contribution in [-0.4, -0.2) is 61.8 Å². The summed E-state index contributed by atoms with van der Waals surface area (Å²) in [6, 6.07) is 5.83. The molecule has 0 spiro atoms. The molecule has 9 nitrogen and oxygen atoms in total. The van der Waals surface area contributed by atoms with Crippen molar-refractivity contribution in [2.45, 2.75) is 20.3 Å². The summed E-state index contributed by atoms with van der Waals surface area (Å²) in [5.74, 6) is 2.27. The molecule has 0 atom stereocenters. The number of nitrogens with one attached hydrogen (secondary N) is 2. The number of piperazine rings is 1. The van der Waals surface area contributed by atoms with E-state index in [0.717, 1.165) is 24.3 Å². The van der Waals surface area contributed by atoms with Crippen molar-refractivity contribution in [2.24, 2.45) is 0 Å². The highest BCUT2D eigenvalue weighted by Crippen LogP contribution is 2.22. The molecule has 26 heavy (non-hydrogen) atoms. The lowest BCUT2D eigenvalue weighted by molar-refractivity contribution is -0.131. The van der Waals surface area contributed by atoms with E-state index in [0.29, 0.717) is 37.1 Å². The van der Waals surface area contributed by atoms with Gasteiger partial charge in [-0.25, -0.2) is 4.52 Å². The van der Waals surface area contributed by atoms with Crippen LogP contribution in [0.3, 0.4) is 0 Å². The zero-order valence-electron chi connectivity index (χ0n) is 14.9. The molecule has 1 aliphatic heterocycles. The highest BCUT2D eigenvalue weighted by molar-refractivity contribution is 5.76. The summed E-state index contributed by atoms with van der Waals surface area (Å²) >= 11 is 0. The summed E-state index contributed by atoms with van der Waals surface area (Å²) < 4.78 is 1.81. The fourth-order valence-corrected chi connectivity index (χ4v) is 3.13. The van der Waals surface area contributed by atoms with Crippen LogP contribution in [0.5, 0.6) is 0 Å². The molecular weight excluding hydrogens is 332 g/mol. The average Bonchev–Trinajstić information content (AvgIpc) is 3.30. The third kappa shape index (κ3) is 3.07. The van der Waals surface area contributed by atoms with Crippen molar-refractivity contribution >= 4 is 29.0 Å². The number of aromatic nitrogens is 5. The second-order valence-corrected chi connectivity index (χ2v) is 6.38. The fraction of sp³-hybridized carbons (Fsp3) is 0.412. The minimum Gasteiger partial charge on any atom is -0.339 e. The number of aryl methyl sites for hydroxylation is 1. The average molecular weight is 354 g/mol. The van der Waals surface area contributed by atoms with Crippen molar-refractivity contribution in [3.63, 3.8) is 0 Å². The van der Waals surface area contributed by atoms with Crippen LogP contribution < -0.4 is 10.2 Å². The maximum atomic E-state index is 11.9. The summed E-state index contributed by atoms with van der Waals surface area (Å²) in [4.78, 5) is 20.6. The third-order valence-corrected chi connectivity index (χ3v) is 4.55. The number of fused-ring (bicyclic) bond motifs is 1. The number of nitrogens with zero attached hydrogens (tertiary/aromatic N) is 6. The molecule has 9 heteroatoms. The lowest BCUT2D eigenvalue weighted by Crippen LogP contribution is -2.49. The number of anilines is 3. The van der Waals surface area contributed by atoms with Crippen LogP contribution >= 0.6 is 0 Å². The van der Waals surface area contributed by atoms with Gasteiger partial charge in [0.05, 0.1) is 0 Å². The normalized spacial score (nSPS) is 14.8. The molecule has 136 valence electrons. The molecule has 1 amide bonds. The van der Waals surface area contributed by atoms with Gasteiger partial charge in [0, 0.05) is 50.6 Å². The van der Waals surface area contributed by atoms with Crippen molar-refractivity contribution < 1.29 is 4.79 Å². The van der Waals surface area contributed by atoms with Crippen LogP contribution in [-0.2, 0) is 4.79 Å².